The molecule has 0 heterocycles. The van der Waals surface area contributed by atoms with Crippen LogP contribution in [0, 0.1) is 17.7 Å². The van der Waals surface area contributed by atoms with Gasteiger partial charge in [-0.25, -0.2) is 13.2 Å². The van der Waals surface area contributed by atoms with Crippen molar-refractivity contribution in [1.82, 2.24) is 0 Å². The molecule has 1 aliphatic carbocycles. The Morgan fingerprint density at radius 2 is 1.66 bits per heavy atom. The zero-order valence-corrected chi connectivity index (χ0v) is 20.1. The molecule has 2 rings (SSSR count). The zero-order chi connectivity index (χ0) is 23.4. The molecule has 0 spiro atoms. The number of hydrogen-bond acceptors (Lipinski definition) is 3. The summed E-state index contributed by atoms with van der Waals surface area (Å²) in [5, 5.41) is 0. The Bertz CT molecular complexity index is 652. The van der Waals surface area contributed by atoms with Gasteiger partial charge in [0.15, 0.2) is 0 Å². The van der Waals surface area contributed by atoms with E-state index in [-0.39, 0.29) is 6.61 Å². The van der Waals surface area contributed by atoms with Crippen LogP contribution in [0.2, 0.25) is 0 Å². The number of benzene rings is 1. The molecule has 1 aromatic rings. The lowest BCUT2D eigenvalue weighted by Crippen LogP contribution is -2.29. The van der Waals surface area contributed by atoms with E-state index in [1.54, 1.807) is 6.07 Å². The summed E-state index contributed by atoms with van der Waals surface area (Å²) >= 11 is 0. The molecule has 0 saturated heterocycles. The van der Waals surface area contributed by atoms with Crippen molar-refractivity contribution in [2.75, 3.05) is 20.3 Å². The van der Waals surface area contributed by atoms with E-state index in [0.717, 1.165) is 39.0 Å². The van der Waals surface area contributed by atoms with Gasteiger partial charge < -0.3 is 14.2 Å². The van der Waals surface area contributed by atoms with E-state index in [2.05, 4.69) is 6.92 Å². The minimum atomic E-state index is -2.58. The average Bonchev–Trinajstić information content (AvgIpc) is 2.76. The van der Waals surface area contributed by atoms with Crippen molar-refractivity contribution >= 4 is 0 Å². The smallest absolute Gasteiger partial charge is 0.248 e. The van der Waals surface area contributed by atoms with Crippen molar-refractivity contribution in [1.29, 1.82) is 0 Å². The Balaban J connectivity index is 1.71. The topological polar surface area (TPSA) is 27.7 Å². The molecule has 1 fully saturated rings. The van der Waals surface area contributed by atoms with Crippen molar-refractivity contribution in [2.24, 2.45) is 11.8 Å². The molecule has 0 aromatic heterocycles. The van der Waals surface area contributed by atoms with Crippen LogP contribution in [0.3, 0.4) is 0 Å². The number of methoxy groups -OCH3 is 1. The quantitative estimate of drug-likeness (QED) is 0.250. The molecule has 0 N–H and O–H groups in total. The van der Waals surface area contributed by atoms with Crippen molar-refractivity contribution in [2.45, 2.75) is 97.0 Å². The summed E-state index contributed by atoms with van der Waals surface area (Å²) in [4.78, 5) is 0. The Morgan fingerprint density at radius 1 is 0.969 bits per heavy atom. The number of unbranched alkanes of at least 4 members (excludes halogenated alkanes) is 5. The van der Waals surface area contributed by atoms with Gasteiger partial charge in [0.2, 0.25) is 5.92 Å². The van der Waals surface area contributed by atoms with Crippen molar-refractivity contribution in [3.05, 3.63) is 23.5 Å². The van der Waals surface area contributed by atoms with Crippen molar-refractivity contribution in [3.63, 3.8) is 0 Å². The third-order valence-corrected chi connectivity index (χ3v) is 6.60. The molecule has 0 atom stereocenters. The van der Waals surface area contributed by atoms with E-state index >= 15 is 0 Å². The van der Waals surface area contributed by atoms with E-state index in [0.29, 0.717) is 49.0 Å². The van der Waals surface area contributed by atoms with Crippen LogP contribution < -0.4 is 9.47 Å². The second-order valence-electron chi connectivity index (χ2n) is 9.22. The first kappa shape index (κ1) is 26.8. The summed E-state index contributed by atoms with van der Waals surface area (Å²) < 4.78 is 58.3. The molecule has 6 heteroatoms. The normalized spacial score (nSPS) is 19.2. The highest BCUT2D eigenvalue weighted by molar-refractivity contribution is 5.41. The largest absolute Gasteiger partial charge is 0.496 e. The van der Waals surface area contributed by atoms with Crippen LogP contribution in [-0.4, -0.2) is 26.2 Å². The summed E-state index contributed by atoms with van der Waals surface area (Å²) in [5.74, 6) is -2.18. The van der Waals surface area contributed by atoms with Gasteiger partial charge in [-0.15, -0.1) is 0 Å². The van der Waals surface area contributed by atoms with Crippen LogP contribution in [-0.2, 0) is 11.3 Å². The predicted molar refractivity (Wildman–Crippen MR) is 122 cm³/mol. The zero-order valence-electron chi connectivity index (χ0n) is 20.1. The molecule has 0 amide bonds. The van der Waals surface area contributed by atoms with Gasteiger partial charge in [-0.1, -0.05) is 39.0 Å². The Labute approximate surface area is 192 Å². The molecule has 184 valence electrons. The monoisotopic (exact) mass is 458 g/mol. The average molecular weight is 459 g/mol. The molecule has 0 aliphatic heterocycles. The highest BCUT2D eigenvalue weighted by Gasteiger charge is 2.36. The fourth-order valence-corrected chi connectivity index (χ4v) is 4.45. The van der Waals surface area contributed by atoms with Crippen LogP contribution in [0.15, 0.2) is 12.1 Å². The first-order valence-corrected chi connectivity index (χ1v) is 12.3. The van der Waals surface area contributed by atoms with Gasteiger partial charge in [-0.3, -0.25) is 0 Å². The molecule has 0 bridgehead atoms. The van der Waals surface area contributed by atoms with Gasteiger partial charge >= 0.3 is 0 Å². The lowest BCUT2D eigenvalue weighted by atomic mass is 9.78. The van der Waals surface area contributed by atoms with E-state index in [4.69, 9.17) is 14.2 Å². The van der Waals surface area contributed by atoms with Gasteiger partial charge in [0, 0.05) is 24.7 Å². The van der Waals surface area contributed by atoms with Gasteiger partial charge in [0.25, 0.3) is 0 Å². The molecular formula is C26H41F3O3. The fraction of sp³-hybridized carbons (Fsp3) is 0.769. The SMILES string of the molecule is CCCCCCCCOc1cc(F)c(COCCC2CCC(C(C)(F)F)CC2)c(OC)c1. The lowest BCUT2D eigenvalue weighted by Gasteiger charge is -2.31. The molecule has 0 unspecified atom stereocenters. The standard InChI is InChI=1S/C26H41F3O3/c1-4-5-6-7-8-9-15-32-22-17-24(27)23(25(18-22)30-3)19-31-16-14-20-10-12-21(13-11-20)26(2,28)29/h17-18,20-21H,4-16,19H2,1-3H3. The van der Waals surface area contributed by atoms with E-state index in [1.807, 2.05) is 0 Å². The Morgan fingerprint density at radius 3 is 2.31 bits per heavy atom. The number of halogens is 3. The minimum absolute atomic E-state index is 0.120. The minimum Gasteiger partial charge on any atom is -0.496 e. The fourth-order valence-electron chi connectivity index (χ4n) is 4.45. The molecule has 32 heavy (non-hydrogen) atoms. The van der Waals surface area contributed by atoms with Crippen LogP contribution in [0.25, 0.3) is 0 Å². The van der Waals surface area contributed by atoms with Crippen LogP contribution in [0.5, 0.6) is 11.5 Å². The van der Waals surface area contributed by atoms with E-state index in [1.165, 1.54) is 38.9 Å². The molecule has 1 saturated carbocycles. The first-order chi connectivity index (χ1) is 15.3. The summed E-state index contributed by atoms with van der Waals surface area (Å²) in [6.45, 7) is 4.39. The Kier molecular flexibility index (Phi) is 11.7. The number of hydrogen-bond donors (Lipinski definition) is 0. The predicted octanol–water partition coefficient (Wildman–Crippen LogP) is 7.94. The van der Waals surface area contributed by atoms with Crippen LogP contribution in [0.1, 0.15) is 90.0 Å². The van der Waals surface area contributed by atoms with E-state index < -0.39 is 17.7 Å². The summed E-state index contributed by atoms with van der Waals surface area (Å²) in [5.41, 5.74) is 0.383. The van der Waals surface area contributed by atoms with Crippen molar-refractivity contribution < 1.29 is 27.4 Å². The van der Waals surface area contributed by atoms with Gasteiger partial charge in [0.1, 0.15) is 17.3 Å². The number of ether oxygens (including phenoxy) is 3. The highest BCUT2D eigenvalue weighted by Crippen LogP contribution is 2.39. The maximum absolute atomic E-state index is 14.6. The van der Waals surface area contributed by atoms with Crippen LogP contribution >= 0.6 is 0 Å². The summed E-state index contributed by atoms with van der Waals surface area (Å²) in [6.07, 6.45) is 10.6. The third-order valence-electron chi connectivity index (χ3n) is 6.60. The van der Waals surface area contributed by atoms with Gasteiger partial charge in [-0.05, 0) is 51.4 Å². The summed E-state index contributed by atoms with van der Waals surface area (Å²) in [6, 6.07) is 3.11. The van der Waals surface area contributed by atoms with E-state index in [9.17, 15) is 13.2 Å². The van der Waals surface area contributed by atoms with Crippen molar-refractivity contribution in [3.8, 4) is 11.5 Å². The Hall–Kier alpha value is -1.43. The van der Waals surface area contributed by atoms with Gasteiger partial charge in [0.05, 0.1) is 25.9 Å². The molecule has 1 aliphatic rings. The maximum atomic E-state index is 14.6. The first-order valence-electron chi connectivity index (χ1n) is 12.3. The second kappa shape index (κ2) is 14.0. The highest BCUT2D eigenvalue weighted by atomic mass is 19.3. The molecule has 3 nitrogen and oxygen atoms in total. The lowest BCUT2D eigenvalue weighted by molar-refractivity contribution is -0.0591. The second-order valence-corrected chi connectivity index (χ2v) is 9.22. The number of rotatable bonds is 15. The summed E-state index contributed by atoms with van der Waals surface area (Å²) in [7, 11) is 1.51. The third kappa shape index (κ3) is 9.21. The van der Waals surface area contributed by atoms with Crippen LogP contribution in [0.4, 0.5) is 13.2 Å². The molecule has 0 radical (unpaired) electrons. The molecule has 1 aromatic carbocycles. The molecular weight excluding hydrogens is 417 g/mol. The number of alkyl halides is 2. The maximum Gasteiger partial charge on any atom is 0.248 e. The van der Waals surface area contributed by atoms with Gasteiger partial charge in [-0.2, -0.15) is 0 Å².